The van der Waals surface area contributed by atoms with E-state index in [4.69, 9.17) is 0 Å². The van der Waals surface area contributed by atoms with Crippen molar-refractivity contribution in [3.63, 3.8) is 0 Å². The van der Waals surface area contributed by atoms with Crippen LogP contribution in [0.4, 0.5) is 5.69 Å². The summed E-state index contributed by atoms with van der Waals surface area (Å²) in [6, 6.07) is 8.58. The molecular formula is C14H20N2O. The van der Waals surface area contributed by atoms with Gasteiger partial charge in [0.15, 0.2) is 5.78 Å². The number of nitrogens with zero attached hydrogens (tertiary/aromatic N) is 1. The number of anilines is 1. The molecular weight excluding hydrogens is 212 g/mol. The largest absolute Gasteiger partial charge is 0.371 e. The summed E-state index contributed by atoms with van der Waals surface area (Å²) in [5, 5.41) is 3.32. The minimum absolute atomic E-state index is 0.136. The fourth-order valence-electron chi connectivity index (χ4n) is 2.35. The average molecular weight is 232 g/mol. The molecule has 1 aromatic rings. The van der Waals surface area contributed by atoms with Gasteiger partial charge in [-0.3, -0.25) is 4.79 Å². The summed E-state index contributed by atoms with van der Waals surface area (Å²) in [7, 11) is 2.02. The van der Waals surface area contributed by atoms with E-state index in [0.717, 1.165) is 18.7 Å². The van der Waals surface area contributed by atoms with Gasteiger partial charge >= 0.3 is 0 Å². The molecule has 1 aliphatic heterocycles. The van der Waals surface area contributed by atoms with Gasteiger partial charge < -0.3 is 10.2 Å². The van der Waals surface area contributed by atoms with Crippen LogP contribution in [-0.2, 0) is 0 Å². The first-order valence-corrected chi connectivity index (χ1v) is 6.24. The van der Waals surface area contributed by atoms with Crippen LogP contribution in [0.5, 0.6) is 0 Å². The summed E-state index contributed by atoms with van der Waals surface area (Å²) in [6.07, 6.45) is 2.33. The number of Topliss-reactive ketones (excluding diaryl/α,β-unsaturated/α-hetero) is 1. The molecule has 1 N–H and O–H groups in total. The molecule has 0 bridgehead atoms. The molecule has 0 aliphatic carbocycles. The molecule has 3 heteroatoms. The number of nitrogens with one attached hydrogen (secondary N) is 1. The molecule has 1 aliphatic rings. The lowest BCUT2D eigenvalue weighted by atomic mass is 10.0. The van der Waals surface area contributed by atoms with Crippen molar-refractivity contribution in [2.45, 2.75) is 25.8 Å². The highest BCUT2D eigenvalue weighted by Gasteiger charge is 2.18. The molecule has 3 nitrogen and oxygen atoms in total. The maximum Gasteiger partial charge on any atom is 0.159 e. The van der Waals surface area contributed by atoms with Gasteiger partial charge in [-0.25, -0.2) is 0 Å². The Labute approximate surface area is 103 Å². The molecule has 17 heavy (non-hydrogen) atoms. The van der Waals surface area contributed by atoms with Crippen LogP contribution in [-0.4, -0.2) is 32.0 Å². The SMILES string of the molecule is CNC1CCN(c2cccc(C(C)=O)c2)CC1. The van der Waals surface area contributed by atoms with Crippen molar-refractivity contribution in [2.75, 3.05) is 25.0 Å². The molecule has 0 atom stereocenters. The van der Waals surface area contributed by atoms with E-state index in [1.807, 2.05) is 25.2 Å². The van der Waals surface area contributed by atoms with Crippen molar-refractivity contribution in [3.05, 3.63) is 29.8 Å². The summed E-state index contributed by atoms with van der Waals surface area (Å²) in [5.41, 5.74) is 1.98. The number of piperidine rings is 1. The van der Waals surface area contributed by atoms with Crippen LogP contribution in [0.25, 0.3) is 0 Å². The molecule has 1 aromatic carbocycles. The third-order valence-corrected chi connectivity index (χ3v) is 3.52. The van der Waals surface area contributed by atoms with E-state index in [1.54, 1.807) is 6.92 Å². The Morgan fingerprint density at radius 3 is 2.65 bits per heavy atom. The predicted molar refractivity (Wildman–Crippen MR) is 70.7 cm³/mol. The van der Waals surface area contributed by atoms with E-state index in [0.29, 0.717) is 6.04 Å². The monoisotopic (exact) mass is 232 g/mol. The first kappa shape index (κ1) is 12.1. The third-order valence-electron chi connectivity index (χ3n) is 3.52. The Hall–Kier alpha value is -1.35. The summed E-state index contributed by atoms with van der Waals surface area (Å²) in [5.74, 6) is 0.136. The molecule has 2 rings (SSSR count). The Morgan fingerprint density at radius 1 is 1.35 bits per heavy atom. The first-order chi connectivity index (χ1) is 8.20. The van der Waals surface area contributed by atoms with Crippen LogP contribution in [0.2, 0.25) is 0 Å². The third kappa shape index (κ3) is 2.86. The van der Waals surface area contributed by atoms with Crippen molar-refractivity contribution >= 4 is 11.5 Å². The van der Waals surface area contributed by atoms with Crippen molar-refractivity contribution in [2.24, 2.45) is 0 Å². The molecule has 0 amide bonds. The van der Waals surface area contributed by atoms with Crippen LogP contribution in [0.15, 0.2) is 24.3 Å². The lowest BCUT2D eigenvalue weighted by molar-refractivity contribution is 0.101. The van der Waals surface area contributed by atoms with Crippen molar-refractivity contribution in [3.8, 4) is 0 Å². The van der Waals surface area contributed by atoms with Gasteiger partial charge in [0, 0.05) is 30.4 Å². The Kier molecular flexibility index (Phi) is 3.79. The smallest absolute Gasteiger partial charge is 0.159 e. The molecule has 1 saturated heterocycles. The number of ketones is 1. The molecule has 0 aromatic heterocycles. The van der Waals surface area contributed by atoms with Crippen LogP contribution in [0.3, 0.4) is 0 Å². The van der Waals surface area contributed by atoms with E-state index in [2.05, 4.69) is 16.3 Å². The van der Waals surface area contributed by atoms with Gasteiger partial charge in [0.2, 0.25) is 0 Å². The van der Waals surface area contributed by atoms with Crippen molar-refractivity contribution in [1.82, 2.24) is 5.32 Å². The molecule has 0 saturated carbocycles. The molecule has 0 radical (unpaired) electrons. The van der Waals surface area contributed by atoms with E-state index in [1.165, 1.54) is 18.5 Å². The van der Waals surface area contributed by atoms with Crippen LogP contribution >= 0.6 is 0 Å². The number of carbonyl (C=O) groups is 1. The summed E-state index contributed by atoms with van der Waals surface area (Å²) in [6.45, 7) is 3.74. The van der Waals surface area contributed by atoms with Gasteiger partial charge in [-0.05, 0) is 38.9 Å². The fraction of sp³-hybridized carbons (Fsp3) is 0.500. The minimum Gasteiger partial charge on any atom is -0.371 e. The van der Waals surface area contributed by atoms with E-state index in [9.17, 15) is 4.79 Å². The molecule has 0 unspecified atom stereocenters. The standard InChI is InChI=1S/C14H20N2O/c1-11(17)12-4-3-5-14(10-12)16-8-6-13(15-2)7-9-16/h3-5,10,13,15H,6-9H2,1-2H3. The van der Waals surface area contributed by atoms with Gasteiger partial charge in [0.1, 0.15) is 0 Å². The van der Waals surface area contributed by atoms with Gasteiger partial charge in [-0.15, -0.1) is 0 Å². The minimum atomic E-state index is 0.136. The normalized spacial score (nSPS) is 17.2. The summed E-state index contributed by atoms with van der Waals surface area (Å²) >= 11 is 0. The number of hydrogen-bond acceptors (Lipinski definition) is 3. The lowest BCUT2D eigenvalue weighted by Gasteiger charge is -2.33. The predicted octanol–water partition coefficient (Wildman–Crippen LogP) is 2.08. The Morgan fingerprint density at radius 2 is 2.06 bits per heavy atom. The highest BCUT2D eigenvalue weighted by atomic mass is 16.1. The quantitative estimate of drug-likeness (QED) is 0.810. The molecule has 0 spiro atoms. The number of rotatable bonds is 3. The second-order valence-corrected chi connectivity index (χ2v) is 4.66. The Balaban J connectivity index is 2.08. The zero-order chi connectivity index (χ0) is 12.3. The van der Waals surface area contributed by atoms with Crippen molar-refractivity contribution < 1.29 is 4.79 Å². The maximum absolute atomic E-state index is 11.4. The van der Waals surface area contributed by atoms with E-state index >= 15 is 0 Å². The highest BCUT2D eigenvalue weighted by Crippen LogP contribution is 2.21. The van der Waals surface area contributed by atoms with Gasteiger partial charge in [0.05, 0.1) is 0 Å². The van der Waals surface area contributed by atoms with Crippen LogP contribution in [0.1, 0.15) is 30.1 Å². The van der Waals surface area contributed by atoms with Crippen LogP contribution < -0.4 is 10.2 Å². The topological polar surface area (TPSA) is 32.3 Å². The Bertz CT molecular complexity index is 395. The van der Waals surface area contributed by atoms with Gasteiger partial charge in [-0.1, -0.05) is 12.1 Å². The van der Waals surface area contributed by atoms with Gasteiger partial charge in [0.25, 0.3) is 0 Å². The number of carbonyl (C=O) groups excluding carboxylic acids is 1. The lowest BCUT2D eigenvalue weighted by Crippen LogP contribution is -2.41. The highest BCUT2D eigenvalue weighted by molar-refractivity contribution is 5.94. The summed E-state index contributed by atoms with van der Waals surface area (Å²) in [4.78, 5) is 13.7. The van der Waals surface area contributed by atoms with Gasteiger partial charge in [-0.2, -0.15) is 0 Å². The second-order valence-electron chi connectivity index (χ2n) is 4.66. The zero-order valence-corrected chi connectivity index (χ0v) is 10.6. The van der Waals surface area contributed by atoms with Crippen molar-refractivity contribution in [1.29, 1.82) is 0 Å². The van der Waals surface area contributed by atoms with E-state index in [-0.39, 0.29) is 5.78 Å². The second kappa shape index (κ2) is 5.32. The molecule has 1 heterocycles. The number of hydrogen-bond donors (Lipinski definition) is 1. The molecule has 92 valence electrons. The van der Waals surface area contributed by atoms with E-state index < -0.39 is 0 Å². The average Bonchev–Trinajstić information content (AvgIpc) is 2.39. The molecule has 1 fully saturated rings. The summed E-state index contributed by atoms with van der Waals surface area (Å²) < 4.78 is 0. The number of benzene rings is 1. The fourth-order valence-corrected chi connectivity index (χ4v) is 2.35. The zero-order valence-electron chi connectivity index (χ0n) is 10.6. The first-order valence-electron chi connectivity index (χ1n) is 6.24. The maximum atomic E-state index is 11.4. The van der Waals surface area contributed by atoms with Crippen LogP contribution in [0, 0.1) is 0 Å².